The number of carbonyl (C=O) groups excluding carboxylic acids is 3. The van der Waals surface area contributed by atoms with Gasteiger partial charge in [0, 0.05) is 19.3 Å². The molecule has 1 fully saturated rings. The zero-order valence-corrected chi connectivity index (χ0v) is 49.2. The number of hydrogen-bond acceptors (Lipinski definition) is 11. The highest BCUT2D eigenvalue weighted by Gasteiger charge is 2.50. The van der Waals surface area contributed by atoms with E-state index in [0.29, 0.717) is 19.3 Å². The van der Waals surface area contributed by atoms with Gasteiger partial charge in [0.15, 0.2) is 24.6 Å². The summed E-state index contributed by atoms with van der Waals surface area (Å²) in [5, 5.41) is 31.5. The Balaban J connectivity index is 2.65. The van der Waals surface area contributed by atoms with Crippen LogP contribution in [0.25, 0.3) is 0 Å². The third kappa shape index (κ3) is 43.2. The van der Waals surface area contributed by atoms with Crippen LogP contribution in [0.3, 0.4) is 0 Å². The Hall–Kier alpha value is -3.32. The second-order valence-electron chi connectivity index (χ2n) is 21.7. The first-order chi connectivity index (χ1) is 37.6. The molecule has 446 valence electrons. The molecule has 0 aliphatic carbocycles. The molecule has 1 rings (SSSR count). The summed E-state index contributed by atoms with van der Waals surface area (Å²) in [7, 11) is 0. The Labute approximate surface area is 469 Å². The number of aliphatic hydroxyl groups excluding tert-OH is 2. The summed E-state index contributed by atoms with van der Waals surface area (Å²) in [4.78, 5) is 51.2. The van der Waals surface area contributed by atoms with E-state index in [0.717, 1.165) is 109 Å². The van der Waals surface area contributed by atoms with Crippen LogP contribution in [-0.4, -0.2) is 89.2 Å². The molecule has 0 aromatic heterocycles. The molecular weight excluding hydrogens is 973 g/mol. The van der Waals surface area contributed by atoms with Gasteiger partial charge in [-0.05, 0) is 77.0 Å². The molecule has 0 saturated carbocycles. The van der Waals surface area contributed by atoms with Crippen LogP contribution in [0.5, 0.6) is 0 Å². The Kier molecular flexibility index (Phi) is 49.7. The maximum Gasteiger partial charge on any atom is 0.335 e. The minimum Gasteiger partial charge on any atom is -0.479 e. The number of allylic oxidation sites excluding steroid dienone is 8. The summed E-state index contributed by atoms with van der Waals surface area (Å²) in [6, 6.07) is 0. The summed E-state index contributed by atoms with van der Waals surface area (Å²) in [6.45, 7) is 5.88. The van der Waals surface area contributed by atoms with Gasteiger partial charge in [-0.1, -0.05) is 243 Å². The third-order valence-corrected chi connectivity index (χ3v) is 14.4. The first-order valence-corrected chi connectivity index (χ1v) is 31.6. The quantitative estimate of drug-likeness (QED) is 0.0228. The van der Waals surface area contributed by atoms with E-state index in [1.807, 2.05) is 0 Å². The molecule has 77 heavy (non-hydrogen) atoms. The number of carboxylic acid groups (broad SMARTS) is 1. The van der Waals surface area contributed by atoms with Crippen LogP contribution in [-0.2, 0) is 42.9 Å². The summed E-state index contributed by atoms with van der Waals surface area (Å²) in [5.41, 5.74) is 0. The van der Waals surface area contributed by atoms with E-state index < -0.39 is 67.3 Å². The number of ether oxygens (including phenoxy) is 5. The second-order valence-corrected chi connectivity index (χ2v) is 21.7. The standard InChI is InChI=1S/C65H114O12/c1-4-7-10-13-16-19-22-25-27-28-29-30-32-34-36-39-42-45-48-51-57(66)73-54-56(75-58(67)52-49-46-43-40-38-35-31-26-23-20-17-14-11-8-5-2)55-74-65-63(61(70)60(69)62(77-65)64(71)72)76-59(68)53-50-47-44-41-37-33-24-21-18-15-12-9-6-3/h8,11,17,20-21,24,26,31,56,60-63,65,69-70H,4-7,9-10,12-16,18-19,22-23,25,27-30,32-55H2,1-3H3,(H,71,72)/b11-8-,20-17-,24-21-,31-26-. The molecule has 3 N–H and O–H groups in total. The predicted octanol–water partition coefficient (Wildman–Crippen LogP) is 16.6. The van der Waals surface area contributed by atoms with Crippen LogP contribution >= 0.6 is 0 Å². The van der Waals surface area contributed by atoms with Gasteiger partial charge in [-0.15, -0.1) is 0 Å². The van der Waals surface area contributed by atoms with Gasteiger partial charge in [0.1, 0.15) is 18.8 Å². The summed E-state index contributed by atoms with van der Waals surface area (Å²) in [5.74, 6) is -3.13. The fourth-order valence-electron chi connectivity index (χ4n) is 9.56. The number of aliphatic carboxylic acids is 1. The molecular formula is C65H114O12. The van der Waals surface area contributed by atoms with Gasteiger partial charge in [-0.2, -0.15) is 0 Å². The van der Waals surface area contributed by atoms with E-state index in [-0.39, 0.29) is 25.9 Å². The van der Waals surface area contributed by atoms with Crippen molar-refractivity contribution in [1.82, 2.24) is 0 Å². The van der Waals surface area contributed by atoms with Crippen molar-refractivity contribution >= 4 is 23.9 Å². The lowest BCUT2D eigenvalue weighted by molar-refractivity contribution is -0.301. The van der Waals surface area contributed by atoms with E-state index in [9.17, 15) is 34.5 Å². The van der Waals surface area contributed by atoms with E-state index in [4.69, 9.17) is 23.7 Å². The summed E-state index contributed by atoms with van der Waals surface area (Å²) >= 11 is 0. The zero-order chi connectivity index (χ0) is 56.1. The first-order valence-electron chi connectivity index (χ1n) is 31.6. The minimum absolute atomic E-state index is 0.0498. The van der Waals surface area contributed by atoms with Gasteiger partial charge in [0.05, 0.1) is 6.61 Å². The molecule has 12 heteroatoms. The molecule has 6 atom stereocenters. The highest BCUT2D eigenvalue weighted by molar-refractivity contribution is 5.74. The van der Waals surface area contributed by atoms with E-state index in [1.54, 1.807) is 0 Å². The van der Waals surface area contributed by atoms with Crippen molar-refractivity contribution in [1.29, 1.82) is 0 Å². The van der Waals surface area contributed by atoms with Crippen molar-refractivity contribution in [3.05, 3.63) is 48.6 Å². The van der Waals surface area contributed by atoms with Crippen molar-refractivity contribution in [2.45, 2.75) is 327 Å². The average Bonchev–Trinajstić information content (AvgIpc) is 3.41. The summed E-state index contributed by atoms with van der Waals surface area (Å²) < 4.78 is 28.5. The Morgan fingerprint density at radius 2 is 0.818 bits per heavy atom. The number of carbonyl (C=O) groups is 4. The molecule has 0 amide bonds. The number of hydrogen-bond donors (Lipinski definition) is 3. The molecule has 0 spiro atoms. The van der Waals surface area contributed by atoms with Crippen LogP contribution < -0.4 is 0 Å². The molecule has 1 heterocycles. The number of aliphatic hydroxyl groups is 2. The molecule has 0 aromatic rings. The normalized spacial score (nSPS) is 18.3. The number of carboxylic acids is 1. The van der Waals surface area contributed by atoms with Gasteiger partial charge >= 0.3 is 23.9 Å². The topological polar surface area (TPSA) is 175 Å². The van der Waals surface area contributed by atoms with Crippen LogP contribution in [0.4, 0.5) is 0 Å². The monoisotopic (exact) mass is 1090 g/mol. The molecule has 0 aromatic carbocycles. The lowest BCUT2D eigenvalue weighted by atomic mass is 9.98. The SMILES string of the molecule is CC/C=C\C/C=C\C/C=C\CCCCCCCC(=O)OC(COC(=O)CCCCCCCCCCCCCCCCCCCCC)COC1OC(C(=O)O)C(O)C(O)C1OC(=O)CCCCCCC/C=C\CCCCCC. The lowest BCUT2D eigenvalue weighted by Crippen LogP contribution is -2.61. The molecule has 1 saturated heterocycles. The fraction of sp³-hybridized carbons (Fsp3) is 0.815. The largest absolute Gasteiger partial charge is 0.479 e. The Morgan fingerprint density at radius 1 is 0.442 bits per heavy atom. The van der Waals surface area contributed by atoms with E-state index >= 15 is 0 Å². The van der Waals surface area contributed by atoms with Crippen molar-refractivity contribution in [2.75, 3.05) is 13.2 Å². The van der Waals surface area contributed by atoms with Gasteiger partial charge in [-0.25, -0.2) is 4.79 Å². The van der Waals surface area contributed by atoms with Crippen LogP contribution in [0.15, 0.2) is 48.6 Å². The molecule has 0 radical (unpaired) electrons. The van der Waals surface area contributed by atoms with Crippen LogP contribution in [0, 0.1) is 0 Å². The average molecular weight is 1090 g/mol. The number of esters is 3. The van der Waals surface area contributed by atoms with Gasteiger partial charge in [0.25, 0.3) is 0 Å². The lowest BCUT2D eigenvalue weighted by Gasteiger charge is -2.40. The fourth-order valence-corrected chi connectivity index (χ4v) is 9.56. The van der Waals surface area contributed by atoms with E-state index in [1.165, 1.54) is 122 Å². The molecule has 1 aliphatic rings. The molecule has 12 nitrogen and oxygen atoms in total. The zero-order valence-electron chi connectivity index (χ0n) is 49.2. The third-order valence-electron chi connectivity index (χ3n) is 14.4. The molecule has 0 bridgehead atoms. The number of unbranched alkanes of at least 4 members (excludes halogenated alkanes) is 32. The van der Waals surface area contributed by atoms with Gasteiger partial charge in [0.2, 0.25) is 0 Å². The first kappa shape index (κ1) is 71.7. The highest BCUT2D eigenvalue weighted by atomic mass is 16.7. The van der Waals surface area contributed by atoms with E-state index in [2.05, 4.69) is 69.4 Å². The van der Waals surface area contributed by atoms with Crippen molar-refractivity contribution in [2.24, 2.45) is 0 Å². The van der Waals surface area contributed by atoms with Gasteiger partial charge in [-0.3, -0.25) is 14.4 Å². The maximum atomic E-state index is 13.2. The molecule has 6 unspecified atom stereocenters. The van der Waals surface area contributed by atoms with Crippen LogP contribution in [0.1, 0.15) is 290 Å². The van der Waals surface area contributed by atoms with Crippen molar-refractivity contribution in [3.63, 3.8) is 0 Å². The maximum absolute atomic E-state index is 13.2. The predicted molar refractivity (Wildman–Crippen MR) is 312 cm³/mol. The van der Waals surface area contributed by atoms with Crippen molar-refractivity contribution < 1.29 is 58.2 Å². The summed E-state index contributed by atoms with van der Waals surface area (Å²) in [6.07, 6.45) is 52.2. The molecule has 1 aliphatic heterocycles. The number of rotatable bonds is 54. The van der Waals surface area contributed by atoms with Gasteiger partial charge < -0.3 is 39.0 Å². The Morgan fingerprint density at radius 3 is 1.27 bits per heavy atom. The smallest absolute Gasteiger partial charge is 0.335 e. The highest BCUT2D eigenvalue weighted by Crippen LogP contribution is 2.27. The Bertz CT molecular complexity index is 1520. The van der Waals surface area contributed by atoms with Crippen LogP contribution in [0.2, 0.25) is 0 Å². The van der Waals surface area contributed by atoms with Crippen molar-refractivity contribution in [3.8, 4) is 0 Å². The second kappa shape index (κ2) is 53.3. The minimum atomic E-state index is -1.91.